The van der Waals surface area contributed by atoms with Gasteiger partial charge >= 0.3 is 0 Å². The van der Waals surface area contributed by atoms with Crippen LogP contribution in [0, 0.1) is 5.92 Å². The zero-order valence-corrected chi connectivity index (χ0v) is 13.4. The number of hydrogen-bond donors (Lipinski definition) is 1. The highest BCUT2D eigenvalue weighted by atomic mass is 16.1. The molecule has 1 saturated carbocycles. The summed E-state index contributed by atoms with van der Waals surface area (Å²) >= 11 is 0. The van der Waals surface area contributed by atoms with Gasteiger partial charge in [0.2, 0.25) is 5.91 Å². The second kappa shape index (κ2) is 6.19. The monoisotopic (exact) mass is 305 g/mol. The minimum Gasteiger partial charge on any atom is -0.348 e. The molecule has 1 fully saturated rings. The summed E-state index contributed by atoms with van der Waals surface area (Å²) < 4.78 is 0. The average molecular weight is 305 g/mol. The van der Waals surface area contributed by atoms with Crippen molar-refractivity contribution in [1.82, 2.24) is 5.32 Å². The third-order valence-corrected chi connectivity index (χ3v) is 5.24. The number of fused-ring (bicyclic) bond motifs is 1. The molecule has 0 saturated heterocycles. The van der Waals surface area contributed by atoms with Crippen LogP contribution < -0.4 is 5.32 Å². The highest BCUT2D eigenvalue weighted by molar-refractivity contribution is 5.84. The van der Waals surface area contributed by atoms with Crippen molar-refractivity contribution < 1.29 is 4.79 Å². The first-order valence-electron chi connectivity index (χ1n) is 8.76. The number of carbonyl (C=O) groups excluding carboxylic acids is 1. The molecule has 0 radical (unpaired) electrons. The molecule has 0 heterocycles. The maximum Gasteiger partial charge on any atom is 0.228 e. The van der Waals surface area contributed by atoms with E-state index in [1.54, 1.807) is 0 Å². The lowest BCUT2D eigenvalue weighted by Crippen LogP contribution is -2.35. The van der Waals surface area contributed by atoms with Crippen LogP contribution >= 0.6 is 0 Å². The predicted octanol–water partition coefficient (Wildman–Crippen LogP) is 4.37. The van der Waals surface area contributed by atoms with Crippen molar-refractivity contribution in [3.05, 3.63) is 71.3 Å². The van der Waals surface area contributed by atoms with Crippen molar-refractivity contribution in [3.8, 4) is 0 Å². The highest BCUT2D eigenvalue weighted by Gasteiger charge is 2.35. The number of benzene rings is 2. The van der Waals surface area contributed by atoms with Gasteiger partial charge in [-0.3, -0.25) is 4.79 Å². The molecule has 2 heteroatoms. The predicted molar refractivity (Wildman–Crippen MR) is 92.2 cm³/mol. The van der Waals surface area contributed by atoms with Crippen LogP contribution in [0.15, 0.2) is 54.6 Å². The molecule has 118 valence electrons. The topological polar surface area (TPSA) is 29.1 Å². The lowest BCUT2D eigenvalue weighted by molar-refractivity contribution is -0.123. The smallest absolute Gasteiger partial charge is 0.228 e. The molecule has 4 rings (SSSR count). The number of nitrogens with one attached hydrogen (secondary N) is 1. The third kappa shape index (κ3) is 3.03. The van der Waals surface area contributed by atoms with E-state index >= 15 is 0 Å². The summed E-state index contributed by atoms with van der Waals surface area (Å²) in [6.07, 6.45) is 5.62. The minimum absolute atomic E-state index is 0.0184. The molecule has 0 spiro atoms. The Hall–Kier alpha value is -2.09. The summed E-state index contributed by atoms with van der Waals surface area (Å²) in [5.74, 6) is 0.836. The maximum absolute atomic E-state index is 13.0. The van der Waals surface area contributed by atoms with Crippen LogP contribution in [0.4, 0.5) is 0 Å². The van der Waals surface area contributed by atoms with Crippen LogP contribution in [-0.2, 0) is 11.2 Å². The summed E-state index contributed by atoms with van der Waals surface area (Å²) in [5, 5.41) is 3.37. The van der Waals surface area contributed by atoms with Crippen molar-refractivity contribution in [2.24, 2.45) is 5.92 Å². The normalized spacial score (nSPS) is 21.3. The van der Waals surface area contributed by atoms with Gasteiger partial charge < -0.3 is 5.32 Å². The largest absolute Gasteiger partial charge is 0.348 e. The fraction of sp³-hybridized carbons (Fsp3) is 0.381. The Morgan fingerprint density at radius 2 is 1.70 bits per heavy atom. The van der Waals surface area contributed by atoms with Crippen LogP contribution in [0.5, 0.6) is 0 Å². The zero-order chi connectivity index (χ0) is 15.6. The van der Waals surface area contributed by atoms with Crippen LogP contribution in [0.2, 0.25) is 0 Å². The fourth-order valence-corrected chi connectivity index (χ4v) is 3.84. The molecule has 0 aromatic heterocycles. The molecule has 0 aliphatic heterocycles. The van der Waals surface area contributed by atoms with E-state index in [1.165, 1.54) is 29.5 Å². The molecule has 1 amide bonds. The summed E-state index contributed by atoms with van der Waals surface area (Å²) in [6.45, 7) is 0. The molecule has 2 aromatic rings. The van der Waals surface area contributed by atoms with Gasteiger partial charge in [-0.1, -0.05) is 54.6 Å². The first-order chi connectivity index (χ1) is 11.3. The van der Waals surface area contributed by atoms with Crippen molar-refractivity contribution in [3.63, 3.8) is 0 Å². The first-order valence-corrected chi connectivity index (χ1v) is 8.76. The Bertz CT molecular complexity index is 690. The molecular formula is C21H23NO. The van der Waals surface area contributed by atoms with Gasteiger partial charge in [-0.15, -0.1) is 0 Å². The summed E-state index contributed by atoms with van der Waals surface area (Å²) in [7, 11) is 0. The quantitative estimate of drug-likeness (QED) is 0.892. The number of hydrogen-bond acceptors (Lipinski definition) is 1. The zero-order valence-electron chi connectivity index (χ0n) is 13.4. The highest BCUT2D eigenvalue weighted by Crippen LogP contribution is 2.42. The summed E-state index contributed by atoms with van der Waals surface area (Å²) in [4.78, 5) is 13.0. The maximum atomic E-state index is 13.0. The van der Waals surface area contributed by atoms with Crippen LogP contribution in [0.25, 0.3) is 0 Å². The van der Waals surface area contributed by atoms with Crippen molar-refractivity contribution in [2.45, 2.75) is 44.1 Å². The average Bonchev–Trinajstić information content (AvgIpc) is 3.44. The van der Waals surface area contributed by atoms with Crippen LogP contribution in [0.1, 0.15) is 54.3 Å². The Morgan fingerprint density at radius 1 is 0.957 bits per heavy atom. The number of aryl methyl sites for hydroxylation is 1. The molecule has 23 heavy (non-hydrogen) atoms. The standard InChI is InChI=1S/C21H23NO/c23-21(19-12-6-10-15-7-4-5-11-18(15)19)22-20(17-13-14-17)16-8-2-1-3-9-16/h1-5,7-9,11,17,19-20H,6,10,12-14H2,(H,22,23)/t19-,20-/m0/s1. The van der Waals surface area contributed by atoms with E-state index in [1.807, 2.05) is 6.07 Å². The molecule has 2 aromatic carbocycles. The fourth-order valence-electron chi connectivity index (χ4n) is 3.84. The Balaban J connectivity index is 1.55. The third-order valence-electron chi connectivity index (χ3n) is 5.24. The molecule has 1 N–H and O–H groups in total. The van der Waals surface area contributed by atoms with Gasteiger partial charge in [0.25, 0.3) is 0 Å². The van der Waals surface area contributed by atoms with Crippen molar-refractivity contribution in [2.75, 3.05) is 0 Å². The van der Waals surface area contributed by atoms with E-state index in [-0.39, 0.29) is 17.9 Å². The van der Waals surface area contributed by atoms with E-state index in [4.69, 9.17) is 0 Å². The van der Waals surface area contributed by atoms with Gasteiger partial charge in [0, 0.05) is 0 Å². The second-order valence-electron chi connectivity index (χ2n) is 6.88. The van der Waals surface area contributed by atoms with Crippen molar-refractivity contribution in [1.29, 1.82) is 0 Å². The van der Waals surface area contributed by atoms with Gasteiger partial charge in [0.1, 0.15) is 0 Å². The van der Waals surface area contributed by atoms with E-state index in [9.17, 15) is 4.79 Å². The molecule has 0 unspecified atom stereocenters. The van der Waals surface area contributed by atoms with Crippen molar-refractivity contribution >= 4 is 5.91 Å². The number of amides is 1. The number of carbonyl (C=O) groups is 1. The van der Waals surface area contributed by atoms with Crippen LogP contribution in [0.3, 0.4) is 0 Å². The molecule has 2 atom stereocenters. The summed E-state index contributed by atoms with van der Waals surface area (Å²) in [5.41, 5.74) is 3.83. The van der Waals surface area contributed by atoms with Gasteiger partial charge in [0.15, 0.2) is 0 Å². The molecular weight excluding hydrogens is 282 g/mol. The van der Waals surface area contributed by atoms with Gasteiger partial charge in [0.05, 0.1) is 12.0 Å². The molecule has 2 aliphatic carbocycles. The van der Waals surface area contributed by atoms with E-state index in [0.717, 1.165) is 19.3 Å². The molecule has 2 nitrogen and oxygen atoms in total. The van der Waals surface area contributed by atoms with Crippen LogP contribution in [-0.4, -0.2) is 5.91 Å². The lowest BCUT2D eigenvalue weighted by Gasteiger charge is -2.27. The Morgan fingerprint density at radius 3 is 2.48 bits per heavy atom. The minimum atomic E-state index is 0.0184. The Kier molecular flexibility index (Phi) is 3.90. The molecule has 2 aliphatic rings. The SMILES string of the molecule is O=C(N[C@@H](c1ccccc1)C1CC1)[C@H]1CCCc2ccccc21. The second-order valence-corrected chi connectivity index (χ2v) is 6.88. The van der Waals surface area contributed by atoms with E-state index in [2.05, 4.69) is 53.8 Å². The van der Waals surface area contributed by atoms with Gasteiger partial charge in [-0.2, -0.15) is 0 Å². The summed E-state index contributed by atoms with van der Waals surface area (Å²) in [6, 6.07) is 19.0. The van der Waals surface area contributed by atoms with Gasteiger partial charge in [-0.25, -0.2) is 0 Å². The Labute approximate surface area is 137 Å². The number of rotatable bonds is 4. The van der Waals surface area contributed by atoms with Gasteiger partial charge in [-0.05, 0) is 54.7 Å². The lowest BCUT2D eigenvalue weighted by atomic mass is 9.82. The van der Waals surface area contributed by atoms with E-state index < -0.39 is 0 Å². The first kappa shape index (κ1) is 14.5. The van der Waals surface area contributed by atoms with E-state index in [0.29, 0.717) is 5.92 Å². The molecule has 0 bridgehead atoms.